The Balaban J connectivity index is 3.61. The highest BCUT2D eigenvalue weighted by atomic mass is 32.2. The molecular weight excluding hydrogens is 436 g/mol. The predicted octanol–water partition coefficient (Wildman–Crippen LogP) is 10.9. The van der Waals surface area contributed by atoms with Crippen LogP contribution in [0.5, 0.6) is 0 Å². The van der Waals surface area contributed by atoms with Crippen molar-refractivity contribution >= 4 is 16.9 Å². The molecule has 34 heavy (non-hydrogen) atoms. The van der Waals surface area contributed by atoms with E-state index in [9.17, 15) is 4.79 Å². The Morgan fingerprint density at radius 2 is 0.706 bits per heavy atom. The number of carboxylic acids is 1. The summed E-state index contributed by atoms with van der Waals surface area (Å²) in [5.74, 6) is 2.99. The molecule has 0 amide bonds. The van der Waals surface area contributed by atoms with Crippen LogP contribution in [0.2, 0.25) is 0 Å². The number of carboxylic acid groups (broad SMARTS) is 1. The number of thiol groups is 1. The van der Waals surface area contributed by atoms with Crippen molar-refractivity contribution in [3.63, 3.8) is 0 Å². The third-order valence-electron chi connectivity index (χ3n) is 7.30. The monoisotopic (exact) mass is 500 g/mol. The van der Waals surface area contributed by atoms with Crippen LogP contribution in [0.4, 0.5) is 0 Å². The van der Waals surface area contributed by atoms with E-state index in [1.165, 1.54) is 166 Å². The van der Waals surface area contributed by atoms with Gasteiger partial charge in [0.1, 0.15) is 0 Å². The summed E-state index contributed by atoms with van der Waals surface area (Å²) in [7, 11) is -0.0497. The lowest BCUT2D eigenvalue weighted by Crippen LogP contribution is -2.05. The molecule has 206 valence electrons. The van der Waals surface area contributed by atoms with Crippen molar-refractivity contribution in [1.29, 1.82) is 0 Å². The van der Waals surface area contributed by atoms with Gasteiger partial charge in [0.2, 0.25) is 0 Å². The van der Waals surface area contributed by atoms with Crippen LogP contribution in [0.1, 0.15) is 174 Å². The molecule has 0 spiro atoms. The van der Waals surface area contributed by atoms with Gasteiger partial charge in [-0.05, 0) is 30.1 Å². The Morgan fingerprint density at radius 1 is 0.441 bits per heavy atom. The minimum absolute atomic E-state index is 0.0497. The molecule has 0 bridgehead atoms. The van der Waals surface area contributed by atoms with E-state index < -0.39 is 5.97 Å². The van der Waals surface area contributed by atoms with E-state index in [0.717, 1.165) is 5.75 Å². The largest absolute Gasteiger partial charge is 0.481 e. The zero-order valence-corrected chi connectivity index (χ0v) is 24.5. The van der Waals surface area contributed by atoms with Gasteiger partial charge in [0, 0.05) is 0 Å². The van der Waals surface area contributed by atoms with E-state index in [-0.39, 0.29) is 10.9 Å². The Morgan fingerprint density at radius 3 is 0.971 bits per heavy atom. The van der Waals surface area contributed by atoms with Crippen LogP contribution < -0.4 is 0 Å². The summed E-state index contributed by atoms with van der Waals surface area (Å²) in [5.41, 5.74) is 0. The number of hydrogen-bond donors (Lipinski definition) is 2. The maximum Gasteiger partial charge on any atom is 0.304 e. The van der Waals surface area contributed by atoms with Gasteiger partial charge >= 0.3 is 5.97 Å². The Bertz CT molecular complexity index is 371. The molecule has 0 aliphatic rings. The minimum atomic E-state index is -0.600. The minimum Gasteiger partial charge on any atom is -0.481 e. The molecule has 0 aromatic rings. The average Bonchev–Trinajstić information content (AvgIpc) is 2.83. The number of carbonyl (C=O) groups is 1. The molecule has 0 aliphatic heterocycles. The van der Waals surface area contributed by atoms with Crippen LogP contribution in [-0.2, 0) is 4.79 Å². The third-order valence-corrected chi connectivity index (χ3v) is 10.1. The summed E-state index contributed by atoms with van der Waals surface area (Å²) in [4.78, 5) is 11.1. The molecule has 2 nitrogen and oxygen atoms in total. The zero-order chi connectivity index (χ0) is 25.0. The van der Waals surface area contributed by atoms with Gasteiger partial charge in [0.15, 0.2) is 0 Å². The van der Waals surface area contributed by atoms with E-state index in [1.807, 2.05) is 0 Å². The first-order chi connectivity index (χ1) is 16.7. The Hall–Kier alpha value is -0.180. The second-order valence-electron chi connectivity index (χ2n) is 10.8. The molecule has 0 aromatic carbocycles. The lowest BCUT2D eigenvalue weighted by molar-refractivity contribution is -0.136. The lowest BCUT2D eigenvalue weighted by atomic mass is 10.1. The van der Waals surface area contributed by atoms with Crippen LogP contribution in [0.25, 0.3) is 0 Å². The molecule has 1 N–H and O–H groups in total. The summed E-state index contributed by atoms with van der Waals surface area (Å²) >= 11 is 0. The van der Waals surface area contributed by atoms with Crippen LogP contribution >= 0.6 is 10.9 Å². The highest BCUT2D eigenvalue weighted by molar-refractivity contribution is 8.17. The standard InChI is InChI=1S/C31H64O2S/c1-3-5-7-9-11-13-15-17-19-21-23-25-28-34(30-27-31(32)33)29-26-24-22-20-18-16-14-12-10-8-6-4-2/h34H,3-30H2,1-2H3,(H,32,33). The molecule has 3 heteroatoms. The summed E-state index contributed by atoms with van der Waals surface area (Å²) in [6.07, 6.45) is 34.0. The van der Waals surface area contributed by atoms with E-state index in [2.05, 4.69) is 13.8 Å². The molecule has 0 heterocycles. The second kappa shape index (κ2) is 29.1. The maximum atomic E-state index is 11.1. The van der Waals surface area contributed by atoms with Gasteiger partial charge in [-0.25, -0.2) is 0 Å². The SMILES string of the molecule is CCCCCCCCCCCCCC[SH](CCCCCCCCCCCCCC)CCC(=O)O. The van der Waals surface area contributed by atoms with Crippen LogP contribution in [-0.4, -0.2) is 28.3 Å². The van der Waals surface area contributed by atoms with E-state index in [0.29, 0.717) is 6.42 Å². The lowest BCUT2D eigenvalue weighted by Gasteiger charge is -2.21. The normalized spacial score (nSPS) is 11.8. The molecule has 0 atom stereocenters. The quantitative estimate of drug-likeness (QED) is 0.0791. The fraction of sp³-hybridized carbons (Fsp3) is 0.968. The average molecular weight is 501 g/mol. The first-order valence-electron chi connectivity index (χ1n) is 15.6. The number of hydrogen-bond acceptors (Lipinski definition) is 1. The van der Waals surface area contributed by atoms with Crippen molar-refractivity contribution in [2.24, 2.45) is 0 Å². The van der Waals surface area contributed by atoms with Gasteiger partial charge < -0.3 is 5.11 Å². The fourth-order valence-corrected chi connectivity index (χ4v) is 7.46. The first-order valence-corrected chi connectivity index (χ1v) is 17.5. The van der Waals surface area contributed by atoms with Gasteiger partial charge in [-0.1, -0.05) is 155 Å². The summed E-state index contributed by atoms with van der Waals surface area (Å²) in [6, 6.07) is 0. The molecule has 0 saturated carbocycles. The van der Waals surface area contributed by atoms with E-state index in [1.54, 1.807) is 0 Å². The summed E-state index contributed by atoms with van der Waals surface area (Å²) in [5, 5.41) is 9.12. The van der Waals surface area contributed by atoms with Crippen molar-refractivity contribution in [2.45, 2.75) is 174 Å². The van der Waals surface area contributed by atoms with Crippen LogP contribution in [0.3, 0.4) is 0 Å². The summed E-state index contributed by atoms with van der Waals surface area (Å²) in [6.45, 7) is 4.57. The number of rotatable bonds is 29. The van der Waals surface area contributed by atoms with Gasteiger partial charge in [0.25, 0.3) is 0 Å². The van der Waals surface area contributed by atoms with Crippen LogP contribution in [0, 0.1) is 0 Å². The molecule has 0 radical (unpaired) electrons. The molecule has 0 fully saturated rings. The zero-order valence-electron chi connectivity index (χ0n) is 23.6. The Kier molecular flexibility index (Phi) is 28.9. The topological polar surface area (TPSA) is 37.3 Å². The van der Waals surface area contributed by atoms with Gasteiger partial charge in [-0.3, -0.25) is 15.7 Å². The van der Waals surface area contributed by atoms with Crippen molar-refractivity contribution in [1.82, 2.24) is 0 Å². The molecule has 0 aromatic heterocycles. The highest BCUT2D eigenvalue weighted by Gasteiger charge is 2.07. The van der Waals surface area contributed by atoms with E-state index in [4.69, 9.17) is 5.11 Å². The Labute approximate surface area is 218 Å². The molecule has 0 unspecified atom stereocenters. The molecule has 0 rings (SSSR count). The highest BCUT2D eigenvalue weighted by Crippen LogP contribution is 2.30. The van der Waals surface area contributed by atoms with E-state index >= 15 is 0 Å². The third kappa shape index (κ3) is 28.1. The van der Waals surface area contributed by atoms with Gasteiger partial charge in [-0.2, -0.15) is 0 Å². The van der Waals surface area contributed by atoms with Crippen molar-refractivity contribution in [2.75, 3.05) is 17.3 Å². The molecular formula is C31H64O2S. The maximum absolute atomic E-state index is 11.1. The predicted molar refractivity (Wildman–Crippen MR) is 158 cm³/mol. The van der Waals surface area contributed by atoms with Gasteiger partial charge in [-0.15, -0.1) is 0 Å². The van der Waals surface area contributed by atoms with Crippen molar-refractivity contribution in [3.8, 4) is 0 Å². The van der Waals surface area contributed by atoms with Crippen LogP contribution in [0.15, 0.2) is 0 Å². The van der Waals surface area contributed by atoms with Crippen molar-refractivity contribution in [3.05, 3.63) is 0 Å². The summed E-state index contributed by atoms with van der Waals surface area (Å²) < 4.78 is 0. The second-order valence-corrected chi connectivity index (χ2v) is 13.4. The number of aliphatic carboxylic acids is 1. The molecule has 0 aliphatic carbocycles. The number of unbranched alkanes of at least 4 members (excludes halogenated alkanes) is 22. The van der Waals surface area contributed by atoms with Crippen molar-refractivity contribution < 1.29 is 9.90 Å². The molecule has 0 saturated heterocycles. The fourth-order valence-electron chi connectivity index (χ4n) is 4.94. The smallest absolute Gasteiger partial charge is 0.304 e. The van der Waals surface area contributed by atoms with Gasteiger partial charge in [0.05, 0.1) is 6.42 Å². The first kappa shape index (κ1) is 33.8.